The number of likely N-dealkylation sites (N-methyl/N-ethyl adjacent to an activating group) is 1. The summed E-state index contributed by atoms with van der Waals surface area (Å²) in [5.74, 6) is 0.137. The van der Waals surface area contributed by atoms with Gasteiger partial charge in [-0.1, -0.05) is 25.1 Å². The number of piperidine rings is 1. The predicted octanol–water partition coefficient (Wildman–Crippen LogP) is 5.06. The second-order valence-corrected chi connectivity index (χ2v) is 14.7. The lowest BCUT2D eigenvalue weighted by atomic mass is 9.70. The molecule has 39 heavy (non-hydrogen) atoms. The van der Waals surface area contributed by atoms with E-state index in [0.29, 0.717) is 28.4 Å². The van der Waals surface area contributed by atoms with Crippen molar-refractivity contribution >= 4 is 54.7 Å². The number of amides is 2. The maximum absolute atomic E-state index is 14.1. The summed E-state index contributed by atoms with van der Waals surface area (Å²) in [6.07, 6.45) is 4.41. The Hall–Kier alpha value is -2.92. The maximum Gasteiger partial charge on any atom is 0.410 e. The van der Waals surface area contributed by atoms with E-state index in [1.54, 1.807) is 48.5 Å². The van der Waals surface area contributed by atoms with Gasteiger partial charge in [0.1, 0.15) is 5.60 Å². The number of fused-ring (bicyclic) bond motifs is 6. The zero-order chi connectivity index (χ0) is 28.1. The van der Waals surface area contributed by atoms with E-state index in [9.17, 15) is 18.0 Å². The lowest BCUT2D eigenvalue weighted by Crippen LogP contribution is -2.56. The molecular formula is C28H31BrN4O5S. The van der Waals surface area contributed by atoms with Gasteiger partial charge in [0.05, 0.1) is 22.2 Å². The van der Waals surface area contributed by atoms with Crippen molar-refractivity contribution in [3.05, 3.63) is 52.8 Å². The average Bonchev–Trinajstić information content (AvgIpc) is 3.39. The molecule has 6 rings (SSSR count). The molecule has 1 spiro atoms. The number of aromatic nitrogens is 2. The fraction of sp³-hybridized carbons (Fsp3) is 0.464. The Morgan fingerprint density at radius 3 is 2.51 bits per heavy atom. The van der Waals surface area contributed by atoms with Gasteiger partial charge in [-0.25, -0.2) is 22.2 Å². The van der Waals surface area contributed by atoms with E-state index in [4.69, 9.17) is 4.74 Å². The number of hydrogen-bond acceptors (Lipinski definition) is 6. The minimum absolute atomic E-state index is 0.0506. The number of benzene rings is 1. The van der Waals surface area contributed by atoms with Crippen LogP contribution < -0.4 is 4.90 Å². The first-order valence-corrected chi connectivity index (χ1v) is 15.3. The zero-order valence-electron chi connectivity index (χ0n) is 22.5. The van der Waals surface area contributed by atoms with Gasteiger partial charge in [-0.2, -0.15) is 0 Å². The number of anilines is 1. The molecule has 2 amide bonds. The van der Waals surface area contributed by atoms with Crippen molar-refractivity contribution < 1.29 is 22.7 Å². The van der Waals surface area contributed by atoms with E-state index in [1.807, 2.05) is 25.7 Å². The maximum atomic E-state index is 14.1. The Morgan fingerprint density at radius 2 is 1.87 bits per heavy atom. The first-order chi connectivity index (χ1) is 18.3. The molecule has 2 bridgehead atoms. The highest BCUT2D eigenvalue weighted by Crippen LogP contribution is 2.57. The summed E-state index contributed by atoms with van der Waals surface area (Å²) in [5.41, 5.74) is 0.181. The van der Waals surface area contributed by atoms with Gasteiger partial charge in [0, 0.05) is 40.8 Å². The monoisotopic (exact) mass is 614 g/mol. The lowest BCUT2D eigenvalue weighted by molar-refractivity contribution is -0.125. The molecule has 3 aromatic rings. The number of halogens is 1. The van der Waals surface area contributed by atoms with Gasteiger partial charge in [-0.15, -0.1) is 0 Å². The summed E-state index contributed by atoms with van der Waals surface area (Å²) < 4.78 is 34.7. The van der Waals surface area contributed by atoms with Crippen molar-refractivity contribution in [2.45, 2.75) is 75.0 Å². The smallest absolute Gasteiger partial charge is 0.410 e. The molecule has 0 radical (unpaired) electrons. The van der Waals surface area contributed by atoms with Gasteiger partial charge in [-0.3, -0.25) is 4.79 Å². The van der Waals surface area contributed by atoms with E-state index in [0.717, 1.165) is 12.0 Å². The van der Waals surface area contributed by atoms with Crippen LogP contribution in [0.1, 0.15) is 52.5 Å². The summed E-state index contributed by atoms with van der Waals surface area (Å²) in [6, 6.07) is 7.86. The highest BCUT2D eigenvalue weighted by atomic mass is 79.9. The summed E-state index contributed by atoms with van der Waals surface area (Å²) in [4.78, 5) is 35.5. The molecule has 0 N–H and O–H groups in total. The topological polar surface area (TPSA) is 102 Å². The largest absolute Gasteiger partial charge is 0.444 e. The Labute approximate surface area is 236 Å². The first-order valence-electron chi connectivity index (χ1n) is 13.1. The second-order valence-electron chi connectivity index (χ2n) is 12.0. The molecular weight excluding hydrogens is 584 g/mol. The summed E-state index contributed by atoms with van der Waals surface area (Å²) >= 11 is 3.61. The minimum atomic E-state index is -3.93. The number of nitrogens with zero attached hydrogens (tertiary/aromatic N) is 4. The van der Waals surface area contributed by atoms with Gasteiger partial charge in [0.25, 0.3) is 10.0 Å². The van der Waals surface area contributed by atoms with Crippen LogP contribution in [0.3, 0.4) is 0 Å². The van der Waals surface area contributed by atoms with Crippen molar-refractivity contribution in [1.29, 1.82) is 0 Å². The normalized spacial score (nSPS) is 26.5. The molecule has 3 unspecified atom stereocenters. The third-order valence-electron chi connectivity index (χ3n) is 8.37. The van der Waals surface area contributed by atoms with Crippen molar-refractivity contribution in [2.24, 2.45) is 5.92 Å². The predicted molar refractivity (Wildman–Crippen MR) is 150 cm³/mol. The van der Waals surface area contributed by atoms with Crippen LogP contribution in [0.25, 0.3) is 11.0 Å². The van der Waals surface area contributed by atoms with Crippen LogP contribution >= 0.6 is 15.9 Å². The van der Waals surface area contributed by atoms with Gasteiger partial charge in [0.15, 0.2) is 5.65 Å². The Kier molecular flexibility index (Phi) is 5.76. The molecule has 9 nitrogen and oxygen atoms in total. The van der Waals surface area contributed by atoms with Gasteiger partial charge in [-0.05, 0) is 74.0 Å². The number of carbonyl (C=O) groups excluding carboxylic acids is 2. The Balaban J connectivity index is 1.51. The van der Waals surface area contributed by atoms with Gasteiger partial charge < -0.3 is 14.5 Å². The van der Waals surface area contributed by atoms with Crippen molar-refractivity contribution in [1.82, 2.24) is 13.9 Å². The van der Waals surface area contributed by atoms with Crippen LogP contribution in [-0.4, -0.2) is 59.0 Å². The molecule has 2 saturated heterocycles. The number of rotatable bonds is 2. The highest BCUT2D eigenvalue weighted by Gasteiger charge is 2.61. The number of hydrogen-bond donors (Lipinski definition) is 0. The third kappa shape index (κ3) is 3.76. The standard InChI is InChI=1S/C28H31BrN4O5S/c1-16-11-17-12-28(13-20(16)33(17)26(35)38-27(2,3)4)23-21(31(5)25(28)34)14-30-24-22(23)19(29)15-32(24)39(36,37)18-9-7-6-8-10-18/h6-10,14-17,20H,11-13H2,1-5H3/t16-,17?,20?,28?/m1/s1. The van der Waals surface area contributed by atoms with Gasteiger partial charge >= 0.3 is 6.09 Å². The fourth-order valence-corrected chi connectivity index (χ4v) is 8.88. The number of ether oxygens (including phenoxy) is 1. The van der Waals surface area contributed by atoms with E-state index in [2.05, 4.69) is 27.8 Å². The van der Waals surface area contributed by atoms with E-state index in [1.165, 1.54) is 10.2 Å². The van der Waals surface area contributed by atoms with Crippen LogP contribution in [0, 0.1) is 5.92 Å². The van der Waals surface area contributed by atoms with E-state index >= 15 is 0 Å². The molecule has 0 aliphatic carbocycles. The van der Waals surface area contributed by atoms with Crippen LogP contribution in [0.4, 0.5) is 10.5 Å². The quantitative estimate of drug-likeness (QED) is 0.400. The first kappa shape index (κ1) is 26.3. The molecule has 3 aliphatic heterocycles. The van der Waals surface area contributed by atoms with Crippen molar-refractivity contribution in [3.63, 3.8) is 0 Å². The van der Waals surface area contributed by atoms with Crippen LogP contribution in [0.15, 0.2) is 52.1 Å². The fourth-order valence-electron chi connectivity index (χ4n) is 6.82. The average molecular weight is 616 g/mol. The molecule has 1 aromatic carbocycles. The zero-order valence-corrected chi connectivity index (χ0v) is 24.9. The second kappa shape index (κ2) is 8.54. The highest BCUT2D eigenvalue weighted by molar-refractivity contribution is 9.10. The minimum Gasteiger partial charge on any atom is -0.444 e. The molecule has 3 aliphatic rings. The number of pyridine rings is 1. The SMILES string of the molecule is C[C@@H]1CC2CC3(CC1N2C(=O)OC(C)(C)C)C(=O)N(C)c1cnc2c(c(Br)cn2S(=O)(=O)c2ccccc2)c13. The Morgan fingerprint density at radius 1 is 1.18 bits per heavy atom. The lowest BCUT2D eigenvalue weighted by Gasteiger charge is -2.44. The Bertz CT molecular complexity index is 1630. The molecule has 5 heterocycles. The van der Waals surface area contributed by atoms with Crippen LogP contribution in [0.5, 0.6) is 0 Å². The molecule has 2 fully saturated rings. The van der Waals surface area contributed by atoms with Crippen molar-refractivity contribution in [2.75, 3.05) is 11.9 Å². The van der Waals surface area contributed by atoms with E-state index < -0.39 is 21.0 Å². The van der Waals surface area contributed by atoms with Gasteiger partial charge in [0.2, 0.25) is 5.91 Å². The molecule has 4 atom stereocenters. The summed E-state index contributed by atoms with van der Waals surface area (Å²) in [6.45, 7) is 7.67. The summed E-state index contributed by atoms with van der Waals surface area (Å²) in [7, 11) is -2.19. The third-order valence-corrected chi connectivity index (χ3v) is 10.6. The molecule has 0 saturated carbocycles. The van der Waals surface area contributed by atoms with Crippen LogP contribution in [0.2, 0.25) is 0 Å². The molecule has 206 valence electrons. The van der Waals surface area contributed by atoms with Crippen LogP contribution in [-0.2, 0) is 25.0 Å². The molecule has 11 heteroatoms. The molecule has 2 aromatic heterocycles. The van der Waals surface area contributed by atoms with Crippen molar-refractivity contribution in [3.8, 4) is 0 Å². The number of carbonyl (C=O) groups is 2. The summed E-state index contributed by atoms with van der Waals surface area (Å²) in [5, 5.41) is 0.613. The van der Waals surface area contributed by atoms with E-state index in [-0.39, 0.29) is 40.5 Å².